The summed E-state index contributed by atoms with van der Waals surface area (Å²) in [6.07, 6.45) is 0. The van der Waals surface area contributed by atoms with E-state index in [2.05, 4.69) is 15.9 Å². The van der Waals surface area contributed by atoms with Gasteiger partial charge in [-0.25, -0.2) is 4.79 Å². The van der Waals surface area contributed by atoms with Crippen molar-refractivity contribution in [1.82, 2.24) is 0 Å². The van der Waals surface area contributed by atoms with E-state index in [9.17, 15) is 4.79 Å². The number of aromatic carboxylic acids is 1. The molecule has 0 radical (unpaired) electrons. The van der Waals surface area contributed by atoms with Gasteiger partial charge in [-0.1, -0.05) is 18.2 Å². The summed E-state index contributed by atoms with van der Waals surface area (Å²) in [5.74, 6) is 0.175. The summed E-state index contributed by atoms with van der Waals surface area (Å²) in [5, 5.41) is 8.87. The first-order chi connectivity index (χ1) is 8.16. The van der Waals surface area contributed by atoms with Crippen LogP contribution in [0.5, 0.6) is 11.5 Å². The lowest BCUT2D eigenvalue weighted by atomic mass is 10.2. The van der Waals surface area contributed by atoms with Crippen LogP contribution in [0.15, 0.2) is 53.0 Å². The molecule has 1 N–H and O–H groups in total. The van der Waals surface area contributed by atoms with Gasteiger partial charge in [0.2, 0.25) is 0 Å². The second-order valence-corrected chi connectivity index (χ2v) is 4.22. The monoisotopic (exact) mass is 292 g/mol. The minimum absolute atomic E-state index is 0.203. The molecule has 0 aliphatic heterocycles. The predicted octanol–water partition coefficient (Wildman–Crippen LogP) is 3.94. The van der Waals surface area contributed by atoms with Crippen LogP contribution in [0.3, 0.4) is 0 Å². The second kappa shape index (κ2) is 5.01. The van der Waals surface area contributed by atoms with Crippen LogP contribution in [-0.2, 0) is 0 Å². The normalized spacial score (nSPS) is 9.94. The van der Waals surface area contributed by atoms with Gasteiger partial charge in [-0.15, -0.1) is 0 Å². The van der Waals surface area contributed by atoms with E-state index in [1.54, 1.807) is 18.2 Å². The maximum absolute atomic E-state index is 10.8. The van der Waals surface area contributed by atoms with E-state index >= 15 is 0 Å². The fourth-order valence-corrected chi connectivity index (χ4v) is 1.71. The predicted molar refractivity (Wildman–Crippen MR) is 67.6 cm³/mol. The van der Waals surface area contributed by atoms with Crippen molar-refractivity contribution in [2.24, 2.45) is 0 Å². The fraction of sp³-hybridized carbons (Fsp3) is 0. The molecule has 2 aromatic carbocycles. The molecule has 0 bridgehead atoms. The van der Waals surface area contributed by atoms with E-state index in [0.717, 1.165) is 4.47 Å². The Labute approximate surface area is 107 Å². The Balaban J connectivity index is 2.28. The summed E-state index contributed by atoms with van der Waals surface area (Å²) < 4.78 is 6.41. The molecular weight excluding hydrogens is 284 g/mol. The van der Waals surface area contributed by atoms with Crippen molar-refractivity contribution in [2.45, 2.75) is 0 Å². The largest absolute Gasteiger partial charge is 0.478 e. The highest BCUT2D eigenvalue weighted by Gasteiger charge is 2.05. The third kappa shape index (κ3) is 2.85. The highest BCUT2D eigenvalue weighted by Crippen LogP contribution is 2.29. The third-order valence-electron chi connectivity index (χ3n) is 2.15. The zero-order valence-corrected chi connectivity index (χ0v) is 10.3. The number of rotatable bonds is 3. The van der Waals surface area contributed by atoms with Gasteiger partial charge in [-0.2, -0.15) is 0 Å². The number of para-hydroxylation sites is 1. The van der Waals surface area contributed by atoms with Gasteiger partial charge in [0, 0.05) is 0 Å². The van der Waals surface area contributed by atoms with E-state index in [0.29, 0.717) is 11.5 Å². The molecule has 0 unspecified atom stereocenters. The van der Waals surface area contributed by atoms with Crippen LogP contribution in [0, 0.1) is 0 Å². The second-order valence-electron chi connectivity index (χ2n) is 3.37. The van der Waals surface area contributed by atoms with Crippen LogP contribution in [0.25, 0.3) is 0 Å². The van der Waals surface area contributed by atoms with Gasteiger partial charge in [0.1, 0.15) is 11.5 Å². The molecule has 2 aromatic rings. The topological polar surface area (TPSA) is 46.5 Å². The average molecular weight is 293 g/mol. The molecule has 0 fully saturated rings. The lowest BCUT2D eigenvalue weighted by Crippen LogP contribution is -1.96. The number of hydrogen-bond acceptors (Lipinski definition) is 2. The summed E-state index contributed by atoms with van der Waals surface area (Å²) in [6.45, 7) is 0. The molecule has 3 nitrogen and oxygen atoms in total. The molecule has 17 heavy (non-hydrogen) atoms. The Bertz CT molecular complexity index is 552. The van der Waals surface area contributed by atoms with Crippen LogP contribution < -0.4 is 4.74 Å². The third-order valence-corrected chi connectivity index (χ3v) is 2.80. The van der Waals surface area contributed by atoms with Crippen molar-refractivity contribution in [3.63, 3.8) is 0 Å². The van der Waals surface area contributed by atoms with Crippen molar-refractivity contribution < 1.29 is 14.6 Å². The van der Waals surface area contributed by atoms with Gasteiger partial charge in [0.15, 0.2) is 0 Å². The van der Waals surface area contributed by atoms with E-state index < -0.39 is 5.97 Å². The van der Waals surface area contributed by atoms with Crippen LogP contribution in [0.4, 0.5) is 0 Å². The summed E-state index contributed by atoms with van der Waals surface area (Å²) in [6, 6.07) is 13.8. The summed E-state index contributed by atoms with van der Waals surface area (Å²) in [5.41, 5.74) is 0.203. The molecule has 86 valence electrons. The molecule has 2 rings (SSSR count). The Kier molecular flexibility index (Phi) is 3.44. The van der Waals surface area contributed by atoms with E-state index in [1.807, 2.05) is 18.2 Å². The fourth-order valence-electron chi connectivity index (χ4n) is 1.35. The first-order valence-corrected chi connectivity index (χ1v) is 5.72. The number of ether oxygens (including phenoxy) is 1. The zero-order valence-electron chi connectivity index (χ0n) is 8.76. The molecular formula is C13H9BrO3. The number of halogens is 1. The quantitative estimate of drug-likeness (QED) is 0.932. The van der Waals surface area contributed by atoms with Crippen LogP contribution in [0.1, 0.15) is 10.4 Å². The van der Waals surface area contributed by atoms with Gasteiger partial charge >= 0.3 is 5.97 Å². The average Bonchev–Trinajstić information content (AvgIpc) is 2.32. The summed E-state index contributed by atoms with van der Waals surface area (Å²) in [4.78, 5) is 10.8. The molecule has 0 aromatic heterocycles. The molecule has 4 heteroatoms. The lowest BCUT2D eigenvalue weighted by molar-refractivity contribution is 0.0696. The van der Waals surface area contributed by atoms with Crippen LogP contribution in [0.2, 0.25) is 0 Å². The van der Waals surface area contributed by atoms with E-state index in [4.69, 9.17) is 9.84 Å². The maximum atomic E-state index is 10.8. The van der Waals surface area contributed by atoms with Crippen LogP contribution >= 0.6 is 15.9 Å². The molecule has 0 aliphatic carbocycles. The van der Waals surface area contributed by atoms with Crippen LogP contribution in [-0.4, -0.2) is 11.1 Å². The van der Waals surface area contributed by atoms with Gasteiger partial charge < -0.3 is 9.84 Å². The minimum atomic E-state index is -0.970. The Hall–Kier alpha value is -1.81. The van der Waals surface area contributed by atoms with Gasteiger partial charge in [-0.05, 0) is 46.3 Å². The number of benzene rings is 2. The highest BCUT2D eigenvalue weighted by atomic mass is 79.9. The Morgan fingerprint density at radius 3 is 2.59 bits per heavy atom. The smallest absolute Gasteiger partial charge is 0.335 e. The standard InChI is InChI=1S/C13H9BrO3/c14-11-6-1-2-7-12(11)17-10-5-3-4-9(8-10)13(15)16/h1-8H,(H,15,16). The number of carbonyl (C=O) groups is 1. The molecule has 0 spiro atoms. The molecule has 0 saturated heterocycles. The highest BCUT2D eigenvalue weighted by molar-refractivity contribution is 9.10. The Morgan fingerprint density at radius 2 is 1.88 bits per heavy atom. The maximum Gasteiger partial charge on any atom is 0.335 e. The van der Waals surface area contributed by atoms with E-state index in [-0.39, 0.29) is 5.56 Å². The summed E-state index contributed by atoms with van der Waals surface area (Å²) in [7, 11) is 0. The van der Waals surface area contributed by atoms with Crippen molar-refractivity contribution in [2.75, 3.05) is 0 Å². The Morgan fingerprint density at radius 1 is 1.12 bits per heavy atom. The number of hydrogen-bond donors (Lipinski definition) is 1. The number of carboxylic acids is 1. The molecule has 0 amide bonds. The first kappa shape index (κ1) is 11.7. The van der Waals surface area contributed by atoms with Gasteiger partial charge in [-0.3, -0.25) is 0 Å². The summed E-state index contributed by atoms with van der Waals surface area (Å²) >= 11 is 3.36. The van der Waals surface area contributed by atoms with Crippen molar-refractivity contribution in [3.05, 3.63) is 58.6 Å². The lowest BCUT2D eigenvalue weighted by Gasteiger charge is -2.07. The van der Waals surface area contributed by atoms with Crippen molar-refractivity contribution in [3.8, 4) is 11.5 Å². The molecule has 0 aliphatic rings. The van der Waals surface area contributed by atoms with Gasteiger partial charge in [0.25, 0.3) is 0 Å². The minimum Gasteiger partial charge on any atom is -0.478 e. The van der Waals surface area contributed by atoms with Crippen molar-refractivity contribution >= 4 is 21.9 Å². The van der Waals surface area contributed by atoms with Gasteiger partial charge in [0.05, 0.1) is 10.0 Å². The zero-order chi connectivity index (χ0) is 12.3. The van der Waals surface area contributed by atoms with E-state index in [1.165, 1.54) is 12.1 Å². The molecule has 0 heterocycles. The molecule has 0 saturated carbocycles. The first-order valence-electron chi connectivity index (χ1n) is 4.92. The SMILES string of the molecule is O=C(O)c1cccc(Oc2ccccc2Br)c1. The molecule has 0 atom stereocenters. The van der Waals surface area contributed by atoms with Crippen molar-refractivity contribution in [1.29, 1.82) is 0 Å². The number of carboxylic acid groups (broad SMARTS) is 1.